The van der Waals surface area contributed by atoms with Gasteiger partial charge in [-0.25, -0.2) is 4.79 Å². The molecule has 2 rings (SSSR count). The van der Waals surface area contributed by atoms with Gasteiger partial charge in [-0.05, 0) is 15.9 Å². The lowest BCUT2D eigenvalue weighted by molar-refractivity contribution is 0.0476. The van der Waals surface area contributed by atoms with Crippen molar-refractivity contribution in [1.29, 1.82) is 0 Å². The Morgan fingerprint density at radius 3 is 3.13 bits per heavy atom. The predicted octanol–water partition coefficient (Wildman–Crippen LogP) is 2.86. The molecule has 2 aromatic heterocycles. The Hall–Kier alpha value is -1.14. The fraction of sp³-hybridized carbons (Fsp3) is 0.111. The number of aromatic nitrogens is 1. The Morgan fingerprint density at radius 1 is 1.67 bits per heavy atom. The molecule has 0 saturated carbocycles. The number of ether oxygens (including phenoxy) is 1. The normalized spacial score (nSPS) is 10.2. The highest BCUT2D eigenvalue weighted by Crippen LogP contribution is 2.16. The van der Waals surface area contributed by atoms with Gasteiger partial charge in [-0.2, -0.15) is 0 Å². The molecule has 0 fully saturated rings. The third kappa shape index (κ3) is 2.66. The van der Waals surface area contributed by atoms with Gasteiger partial charge in [0.05, 0.1) is 16.0 Å². The van der Waals surface area contributed by atoms with Crippen LogP contribution in [-0.4, -0.2) is 11.0 Å². The van der Waals surface area contributed by atoms with Gasteiger partial charge in [0.1, 0.15) is 12.9 Å². The summed E-state index contributed by atoms with van der Waals surface area (Å²) in [6, 6.07) is 1.56. The van der Waals surface area contributed by atoms with Gasteiger partial charge in [-0.1, -0.05) is 0 Å². The van der Waals surface area contributed by atoms with E-state index in [0.29, 0.717) is 10.2 Å². The molecule has 0 aliphatic rings. The van der Waals surface area contributed by atoms with Crippen LogP contribution in [0.2, 0.25) is 0 Å². The molecular formula is C9H6BrNO3S. The van der Waals surface area contributed by atoms with E-state index in [9.17, 15) is 4.79 Å². The Balaban J connectivity index is 1.93. The van der Waals surface area contributed by atoms with E-state index >= 15 is 0 Å². The van der Waals surface area contributed by atoms with Crippen molar-refractivity contribution in [3.63, 3.8) is 0 Å². The Bertz CT molecular complexity index is 452. The molecule has 15 heavy (non-hydrogen) atoms. The smallest absolute Gasteiger partial charge is 0.341 e. The van der Waals surface area contributed by atoms with E-state index in [2.05, 4.69) is 20.9 Å². The van der Waals surface area contributed by atoms with Crippen molar-refractivity contribution in [2.45, 2.75) is 6.61 Å². The van der Waals surface area contributed by atoms with Gasteiger partial charge in [0.15, 0.2) is 4.67 Å². The standard InChI is InChI=1S/C9H6BrNO3S/c10-8-1-6(3-13-8)9(12)14-4-7-2-11-5-15-7/h1-3,5H,4H2. The van der Waals surface area contributed by atoms with Gasteiger partial charge in [-0.15, -0.1) is 11.3 Å². The molecule has 78 valence electrons. The number of furan rings is 1. The highest BCUT2D eigenvalue weighted by Gasteiger charge is 2.10. The van der Waals surface area contributed by atoms with Crippen molar-refractivity contribution in [2.75, 3.05) is 0 Å². The second-order valence-electron chi connectivity index (χ2n) is 2.68. The molecule has 4 nitrogen and oxygen atoms in total. The third-order valence-electron chi connectivity index (χ3n) is 1.63. The van der Waals surface area contributed by atoms with Crippen molar-refractivity contribution in [3.8, 4) is 0 Å². The predicted molar refractivity (Wildman–Crippen MR) is 57.6 cm³/mol. The van der Waals surface area contributed by atoms with Gasteiger partial charge in [0.25, 0.3) is 0 Å². The summed E-state index contributed by atoms with van der Waals surface area (Å²) in [6.45, 7) is 0.242. The fourth-order valence-electron chi connectivity index (χ4n) is 0.951. The van der Waals surface area contributed by atoms with E-state index < -0.39 is 5.97 Å². The van der Waals surface area contributed by atoms with Crippen LogP contribution in [-0.2, 0) is 11.3 Å². The van der Waals surface area contributed by atoms with Gasteiger partial charge >= 0.3 is 5.97 Å². The Kier molecular flexibility index (Phi) is 3.17. The highest BCUT2D eigenvalue weighted by atomic mass is 79.9. The average molecular weight is 288 g/mol. The summed E-state index contributed by atoms with van der Waals surface area (Å²) in [4.78, 5) is 16.2. The van der Waals surface area contributed by atoms with Crippen molar-refractivity contribution in [2.24, 2.45) is 0 Å². The third-order valence-corrected chi connectivity index (χ3v) is 2.80. The first-order chi connectivity index (χ1) is 7.25. The van der Waals surface area contributed by atoms with Crippen LogP contribution in [0.15, 0.2) is 33.1 Å². The molecule has 0 aromatic carbocycles. The number of hydrogen-bond acceptors (Lipinski definition) is 5. The van der Waals surface area contributed by atoms with E-state index in [1.54, 1.807) is 17.8 Å². The first-order valence-corrected chi connectivity index (χ1v) is 5.71. The minimum Gasteiger partial charge on any atom is -0.457 e. The molecule has 0 spiro atoms. The zero-order chi connectivity index (χ0) is 10.7. The van der Waals surface area contributed by atoms with Crippen LogP contribution < -0.4 is 0 Å². The summed E-state index contributed by atoms with van der Waals surface area (Å²) >= 11 is 4.55. The quantitative estimate of drug-likeness (QED) is 0.815. The minimum absolute atomic E-state index is 0.242. The average Bonchev–Trinajstić information content (AvgIpc) is 2.84. The molecule has 2 heterocycles. The topological polar surface area (TPSA) is 52.3 Å². The molecule has 0 amide bonds. The maximum Gasteiger partial charge on any atom is 0.341 e. The molecule has 0 aliphatic heterocycles. The van der Waals surface area contributed by atoms with E-state index in [1.165, 1.54) is 17.6 Å². The highest BCUT2D eigenvalue weighted by molar-refractivity contribution is 9.10. The van der Waals surface area contributed by atoms with Crippen LogP contribution in [0, 0.1) is 0 Å². The van der Waals surface area contributed by atoms with Gasteiger partial charge in [0, 0.05) is 12.3 Å². The summed E-state index contributed by atoms with van der Waals surface area (Å²) in [6.07, 6.45) is 3.02. The van der Waals surface area contributed by atoms with Crippen molar-refractivity contribution < 1.29 is 13.9 Å². The summed E-state index contributed by atoms with van der Waals surface area (Å²) in [7, 11) is 0. The van der Waals surface area contributed by atoms with Gasteiger partial charge in [0.2, 0.25) is 0 Å². The number of esters is 1. The number of halogens is 1. The SMILES string of the molecule is O=C(OCc1cncs1)c1coc(Br)c1. The number of nitrogens with zero attached hydrogens (tertiary/aromatic N) is 1. The fourth-order valence-corrected chi connectivity index (χ4v) is 1.80. The molecule has 2 aromatic rings. The van der Waals surface area contributed by atoms with E-state index in [4.69, 9.17) is 9.15 Å². The van der Waals surface area contributed by atoms with Crippen molar-refractivity contribution >= 4 is 33.2 Å². The number of hydrogen-bond donors (Lipinski definition) is 0. The molecule has 0 saturated heterocycles. The number of rotatable bonds is 3. The largest absolute Gasteiger partial charge is 0.457 e. The summed E-state index contributed by atoms with van der Waals surface area (Å²) in [5, 5.41) is 0. The Labute approximate surface area is 98.0 Å². The zero-order valence-electron chi connectivity index (χ0n) is 7.47. The summed E-state index contributed by atoms with van der Waals surface area (Å²) < 4.78 is 10.5. The van der Waals surface area contributed by atoms with Crippen molar-refractivity contribution in [1.82, 2.24) is 4.98 Å². The molecular weight excluding hydrogens is 282 g/mol. The lowest BCUT2D eigenvalue weighted by Crippen LogP contribution is -2.02. The van der Waals surface area contributed by atoms with Crippen LogP contribution >= 0.6 is 27.3 Å². The molecule has 0 aliphatic carbocycles. The van der Waals surface area contributed by atoms with Gasteiger partial charge in [-0.3, -0.25) is 4.98 Å². The number of carbonyl (C=O) groups is 1. The number of carbonyl (C=O) groups excluding carboxylic acids is 1. The van der Waals surface area contributed by atoms with Crippen LogP contribution in [0.4, 0.5) is 0 Å². The summed E-state index contributed by atoms with van der Waals surface area (Å²) in [5.41, 5.74) is 2.09. The van der Waals surface area contributed by atoms with Crippen LogP contribution in [0.5, 0.6) is 0 Å². The lowest BCUT2D eigenvalue weighted by Gasteiger charge is -1.99. The van der Waals surface area contributed by atoms with Crippen LogP contribution in [0.3, 0.4) is 0 Å². The first kappa shape index (κ1) is 10.4. The number of thiazole rings is 1. The maximum atomic E-state index is 11.4. The van der Waals surface area contributed by atoms with E-state index in [-0.39, 0.29) is 6.61 Å². The van der Waals surface area contributed by atoms with E-state index in [0.717, 1.165) is 4.88 Å². The van der Waals surface area contributed by atoms with Crippen LogP contribution in [0.25, 0.3) is 0 Å². The van der Waals surface area contributed by atoms with E-state index in [1.807, 2.05) is 0 Å². The molecule has 0 atom stereocenters. The molecule has 6 heteroatoms. The molecule has 0 radical (unpaired) electrons. The summed E-state index contributed by atoms with van der Waals surface area (Å²) in [5.74, 6) is -0.405. The molecule has 0 N–H and O–H groups in total. The zero-order valence-corrected chi connectivity index (χ0v) is 9.88. The van der Waals surface area contributed by atoms with Gasteiger partial charge < -0.3 is 9.15 Å². The lowest BCUT2D eigenvalue weighted by atomic mass is 10.3. The monoisotopic (exact) mass is 287 g/mol. The van der Waals surface area contributed by atoms with Crippen molar-refractivity contribution in [3.05, 3.63) is 39.1 Å². The Morgan fingerprint density at radius 2 is 2.53 bits per heavy atom. The maximum absolute atomic E-state index is 11.4. The second kappa shape index (κ2) is 4.59. The minimum atomic E-state index is -0.405. The second-order valence-corrected chi connectivity index (χ2v) is 4.44. The first-order valence-electron chi connectivity index (χ1n) is 4.04. The molecule has 0 unspecified atom stereocenters. The molecule has 0 bridgehead atoms. The van der Waals surface area contributed by atoms with Crippen LogP contribution in [0.1, 0.15) is 15.2 Å².